The van der Waals surface area contributed by atoms with Gasteiger partial charge in [0.15, 0.2) is 5.65 Å². The van der Waals surface area contributed by atoms with Gasteiger partial charge in [0.1, 0.15) is 11.2 Å². The van der Waals surface area contributed by atoms with Gasteiger partial charge in [0.05, 0.1) is 6.20 Å². The van der Waals surface area contributed by atoms with Gasteiger partial charge in [-0.2, -0.15) is 5.10 Å². The number of nitrogens with zero attached hydrogens (tertiary/aromatic N) is 2. The van der Waals surface area contributed by atoms with Gasteiger partial charge in [-0.3, -0.25) is 9.89 Å². The maximum atomic E-state index is 11.5. The van der Waals surface area contributed by atoms with E-state index in [1.54, 1.807) is 0 Å². The Balaban J connectivity index is 2.25. The molecule has 80 valence electrons. The van der Waals surface area contributed by atoms with Crippen molar-refractivity contribution in [1.29, 1.82) is 0 Å². The number of fused-ring (bicyclic) bond motifs is 1. The largest absolute Gasteiger partial charge is 0.310 e. The lowest BCUT2D eigenvalue weighted by Gasteiger charge is -1.99. The number of hydrogen-bond donors (Lipinski definition) is 2. The van der Waals surface area contributed by atoms with E-state index in [0.717, 1.165) is 31.5 Å². The maximum Gasteiger partial charge on any atom is 0.262 e. The summed E-state index contributed by atoms with van der Waals surface area (Å²) in [4.78, 5) is 18.6. The van der Waals surface area contributed by atoms with Gasteiger partial charge >= 0.3 is 0 Å². The molecule has 2 aromatic heterocycles. The molecule has 2 rings (SSSR count). The summed E-state index contributed by atoms with van der Waals surface area (Å²) < 4.78 is 0. The van der Waals surface area contributed by atoms with Crippen LogP contribution in [0.25, 0.3) is 11.0 Å². The highest BCUT2D eigenvalue weighted by Gasteiger charge is 2.04. The Kier molecular flexibility index (Phi) is 2.80. The molecule has 0 radical (unpaired) electrons. The third-order valence-electron chi connectivity index (χ3n) is 2.39. The summed E-state index contributed by atoms with van der Waals surface area (Å²) in [5.41, 5.74) is 0.463. The van der Waals surface area contributed by atoms with Gasteiger partial charge in [0.2, 0.25) is 0 Å². The number of nitrogens with one attached hydrogen (secondary N) is 2. The quantitative estimate of drug-likeness (QED) is 0.742. The molecule has 5 heteroatoms. The highest BCUT2D eigenvalue weighted by atomic mass is 16.1. The molecule has 0 aliphatic heterocycles. The van der Waals surface area contributed by atoms with Crippen molar-refractivity contribution in [2.24, 2.45) is 0 Å². The van der Waals surface area contributed by atoms with Crippen LogP contribution in [0.2, 0.25) is 0 Å². The molecule has 0 amide bonds. The van der Waals surface area contributed by atoms with E-state index in [2.05, 4.69) is 27.1 Å². The van der Waals surface area contributed by atoms with Crippen LogP contribution in [0.1, 0.15) is 32.0 Å². The molecule has 0 unspecified atom stereocenters. The van der Waals surface area contributed by atoms with Gasteiger partial charge in [0.25, 0.3) is 5.56 Å². The molecule has 5 nitrogen and oxygen atoms in total. The van der Waals surface area contributed by atoms with E-state index in [4.69, 9.17) is 0 Å². The molecule has 0 bridgehead atoms. The summed E-state index contributed by atoms with van der Waals surface area (Å²) in [5.74, 6) is 0.741. The van der Waals surface area contributed by atoms with Crippen molar-refractivity contribution in [3.05, 3.63) is 22.4 Å². The number of rotatable bonds is 4. The van der Waals surface area contributed by atoms with Crippen molar-refractivity contribution in [1.82, 2.24) is 20.2 Å². The van der Waals surface area contributed by atoms with Crippen LogP contribution < -0.4 is 5.56 Å². The second kappa shape index (κ2) is 4.25. The molecule has 2 aromatic rings. The molecule has 0 saturated carbocycles. The zero-order valence-electron chi connectivity index (χ0n) is 8.71. The summed E-state index contributed by atoms with van der Waals surface area (Å²) in [5, 5.41) is 7.02. The Bertz CT molecular complexity index is 499. The lowest BCUT2D eigenvalue weighted by Crippen LogP contribution is -2.11. The molecule has 0 fully saturated rings. The number of aromatic nitrogens is 4. The predicted octanol–water partition coefficient (Wildman–Crippen LogP) is 1.38. The molecule has 2 heterocycles. The fraction of sp³-hybridized carbons (Fsp3) is 0.500. The summed E-state index contributed by atoms with van der Waals surface area (Å²) >= 11 is 0. The summed E-state index contributed by atoms with van der Waals surface area (Å²) in [6.45, 7) is 2.15. The zero-order valence-corrected chi connectivity index (χ0v) is 8.71. The first-order valence-corrected chi connectivity index (χ1v) is 5.23. The summed E-state index contributed by atoms with van der Waals surface area (Å²) in [6, 6.07) is 0. The Morgan fingerprint density at radius 2 is 2.27 bits per heavy atom. The Labute approximate surface area is 86.9 Å². The fourth-order valence-electron chi connectivity index (χ4n) is 1.55. The normalized spacial score (nSPS) is 11.0. The van der Waals surface area contributed by atoms with Crippen LogP contribution in [0.4, 0.5) is 0 Å². The maximum absolute atomic E-state index is 11.5. The molecule has 0 spiro atoms. The van der Waals surface area contributed by atoms with Gasteiger partial charge in [0, 0.05) is 6.42 Å². The van der Waals surface area contributed by atoms with Crippen molar-refractivity contribution in [3.63, 3.8) is 0 Å². The lowest BCUT2D eigenvalue weighted by molar-refractivity contribution is 0.694. The van der Waals surface area contributed by atoms with Crippen LogP contribution in [-0.2, 0) is 6.42 Å². The Morgan fingerprint density at radius 1 is 1.40 bits per heavy atom. The first-order chi connectivity index (χ1) is 7.31. The summed E-state index contributed by atoms with van der Waals surface area (Å²) in [6.07, 6.45) is 5.69. The van der Waals surface area contributed by atoms with Crippen LogP contribution in [-0.4, -0.2) is 20.2 Å². The van der Waals surface area contributed by atoms with Gasteiger partial charge in [-0.1, -0.05) is 19.8 Å². The van der Waals surface area contributed by atoms with Crippen LogP contribution in [0.15, 0.2) is 11.0 Å². The van der Waals surface area contributed by atoms with Gasteiger partial charge in [-0.25, -0.2) is 4.98 Å². The van der Waals surface area contributed by atoms with Crippen LogP contribution in [0, 0.1) is 0 Å². The smallest absolute Gasteiger partial charge is 0.262 e. The van der Waals surface area contributed by atoms with Crippen LogP contribution in [0.3, 0.4) is 0 Å². The minimum atomic E-state index is -0.111. The number of aryl methyl sites for hydroxylation is 1. The van der Waals surface area contributed by atoms with E-state index in [0.29, 0.717) is 11.0 Å². The number of unbranched alkanes of at least 4 members (excludes halogenated alkanes) is 2. The molecule has 0 saturated heterocycles. The highest BCUT2D eigenvalue weighted by molar-refractivity contribution is 5.71. The number of H-pyrrole nitrogens is 2. The van der Waals surface area contributed by atoms with Crippen molar-refractivity contribution in [3.8, 4) is 0 Å². The molecular weight excluding hydrogens is 192 g/mol. The molecule has 2 N–H and O–H groups in total. The third kappa shape index (κ3) is 2.06. The standard InChI is InChI=1S/C10H14N4O/c1-2-3-4-5-8-12-9-7(6-11-14-9)10(15)13-8/h6H,2-5H2,1H3,(H2,11,12,13,14,15). The van der Waals surface area contributed by atoms with Gasteiger partial charge < -0.3 is 4.98 Å². The van der Waals surface area contributed by atoms with E-state index < -0.39 is 0 Å². The van der Waals surface area contributed by atoms with Crippen LogP contribution in [0.5, 0.6) is 0 Å². The monoisotopic (exact) mass is 206 g/mol. The van der Waals surface area contributed by atoms with E-state index in [1.807, 2.05) is 0 Å². The average Bonchev–Trinajstić information content (AvgIpc) is 2.66. The van der Waals surface area contributed by atoms with E-state index >= 15 is 0 Å². The molecule has 0 atom stereocenters. The number of hydrogen-bond acceptors (Lipinski definition) is 3. The Morgan fingerprint density at radius 3 is 3.07 bits per heavy atom. The van der Waals surface area contributed by atoms with Gasteiger partial charge in [-0.05, 0) is 6.42 Å². The van der Waals surface area contributed by atoms with Gasteiger partial charge in [-0.15, -0.1) is 0 Å². The minimum absolute atomic E-state index is 0.111. The molecular formula is C10H14N4O. The van der Waals surface area contributed by atoms with Crippen molar-refractivity contribution in [2.75, 3.05) is 0 Å². The molecule has 0 aliphatic carbocycles. The van der Waals surface area contributed by atoms with Crippen molar-refractivity contribution in [2.45, 2.75) is 32.6 Å². The third-order valence-corrected chi connectivity index (χ3v) is 2.39. The predicted molar refractivity (Wildman–Crippen MR) is 57.7 cm³/mol. The fourth-order valence-corrected chi connectivity index (χ4v) is 1.55. The molecule has 0 aliphatic rings. The first-order valence-electron chi connectivity index (χ1n) is 5.23. The minimum Gasteiger partial charge on any atom is -0.310 e. The zero-order chi connectivity index (χ0) is 10.7. The van der Waals surface area contributed by atoms with E-state index in [9.17, 15) is 4.79 Å². The second-order valence-electron chi connectivity index (χ2n) is 3.60. The lowest BCUT2D eigenvalue weighted by atomic mass is 10.2. The molecule has 15 heavy (non-hydrogen) atoms. The number of aromatic amines is 2. The SMILES string of the molecule is CCCCCc1nc2[nH]ncc2c(=O)[nH]1. The topological polar surface area (TPSA) is 74.4 Å². The van der Waals surface area contributed by atoms with E-state index in [-0.39, 0.29) is 5.56 Å². The van der Waals surface area contributed by atoms with E-state index in [1.165, 1.54) is 6.20 Å². The molecule has 0 aromatic carbocycles. The van der Waals surface area contributed by atoms with Crippen LogP contribution >= 0.6 is 0 Å². The van der Waals surface area contributed by atoms with Crippen molar-refractivity contribution >= 4 is 11.0 Å². The average molecular weight is 206 g/mol. The highest BCUT2D eigenvalue weighted by Crippen LogP contribution is 2.04. The Hall–Kier alpha value is -1.65. The summed E-state index contributed by atoms with van der Waals surface area (Å²) in [7, 11) is 0. The van der Waals surface area contributed by atoms with Crippen molar-refractivity contribution < 1.29 is 0 Å². The first kappa shape index (κ1) is 9.89. The second-order valence-corrected chi connectivity index (χ2v) is 3.60.